The van der Waals surface area contributed by atoms with Crippen molar-refractivity contribution in [3.8, 4) is 0 Å². The number of rotatable bonds is 16. The predicted octanol–water partition coefficient (Wildman–Crippen LogP) is 5.00. The quantitative estimate of drug-likeness (QED) is 0.133. The molecule has 2 fully saturated rings. The summed E-state index contributed by atoms with van der Waals surface area (Å²) in [4.78, 5) is 75.1. The summed E-state index contributed by atoms with van der Waals surface area (Å²) in [5.41, 5.74) is -1.69. The van der Waals surface area contributed by atoms with Gasteiger partial charge in [0.25, 0.3) is 5.91 Å². The molecule has 55 heavy (non-hydrogen) atoms. The third-order valence-corrected chi connectivity index (χ3v) is 14.1. The van der Waals surface area contributed by atoms with Crippen LogP contribution in [0.5, 0.6) is 0 Å². The fourth-order valence-corrected chi connectivity index (χ4v) is 9.02. The highest BCUT2D eigenvalue weighted by Gasteiger charge is 2.51. The van der Waals surface area contributed by atoms with Crippen LogP contribution in [0.25, 0.3) is 0 Å². The number of hydrogen-bond acceptors (Lipinski definition) is 8. The Labute approximate surface area is 328 Å². The van der Waals surface area contributed by atoms with E-state index in [0.717, 1.165) is 25.7 Å². The number of nitrogens with zero attached hydrogens (tertiary/aromatic N) is 2. The lowest BCUT2D eigenvalue weighted by Crippen LogP contribution is -2.64. The van der Waals surface area contributed by atoms with Gasteiger partial charge in [-0.2, -0.15) is 0 Å². The van der Waals surface area contributed by atoms with Crippen LogP contribution in [0.15, 0.2) is 37.2 Å². The van der Waals surface area contributed by atoms with Crippen molar-refractivity contribution in [1.29, 1.82) is 0 Å². The van der Waals surface area contributed by atoms with E-state index < -0.39 is 84.5 Å². The highest BCUT2D eigenvalue weighted by atomic mass is 32.2. The minimum atomic E-state index is -3.59. The average Bonchev–Trinajstić information content (AvgIpc) is 3.57. The molecule has 1 aliphatic carbocycles. The SMILES string of the molecule is C=CC(C)(C)[C@H]1CCN(C(=O)[C@@H](NC(=O)NC2(CS(=O)(=O)C(C)(C)C)CCCCC2)C(C)(C)C)[C@@H]1C(=O)NC(CCCC)C(=O)C(=O)NCc1cccnc1. The van der Waals surface area contributed by atoms with E-state index in [-0.39, 0.29) is 25.3 Å². The molecule has 0 radical (unpaired) electrons. The van der Waals surface area contributed by atoms with Gasteiger partial charge in [-0.25, -0.2) is 13.2 Å². The second-order valence-corrected chi connectivity index (χ2v) is 20.9. The lowest BCUT2D eigenvalue weighted by atomic mass is 9.74. The van der Waals surface area contributed by atoms with E-state index >= 15 is 0 Å². The predicted molar refractivity (Wildman–Crippen MR) is 214 cm³/mol. The number of likely N-dealkylation sites (tertiary alicyclic amines) is 1. The van der Waals surface area contributed by atoms with Gasteiger partial charge in [-0.05, 0) is 74.8 Å². The largest absolute Gasteiger partial charge is 0.345 e. The monoisotopic (exact) mass is 786 g/mol. The Morgan fingerprint density at radius 3 is 2.22 bits per heavy atom. The first kappa shape index (κ1) is 45.6. The number of pyridine rings is 1. The molecule has 3 rings (SSSR count). The first-order chi connectivity index (χ1) is 25.5. The summed E-state index contributed by atoms with van der Waals surface area (Å²) in [5.74, 6) is -3.25. The van der Waals surface area contributed by atoms with Gasteiger partial charge in [0, 0.05) is 25.5 Å². The molecule has 4 N–H and O–H groups in total. The van der Waals surface area contributed by atoms with Crippen LogP contribution in [-0.4, -0.2) is 88.5 Å². The molecule has 0 aromatic carbocycles. The van der Waals surface area contributed by atoms with Crippen LogP contribution < -0.4 is 21.3 Å². The molecule has 1 unspecified atom stereocenters. The first-order valence-corrected chi connectivity index (χ1v) is 21.4. The van der Waals surface area contributed by atoms with E-state index in [1.54, 1.807) is 51.4 Å². The van der Waals surface area contributed by atoms with Crippen LogP contribution >= 0.6 is 0 Å². The average molecular weight is 787 g/mol. The second-order valence-electron chi connectivity index (χ2n) is 18.1. The van der Waals surface area contributed by atoms with Gasteiger partial charge < -0.3 is 26.2 Å². The Morgan fingerprint density at radius 2 is 1.67 bits per heavy atom. The van der Waals surface area contributed by atoms with E-state index in [1.165, 1.54) is 4.90 Å². The van der Waals surface area contributed by atoms with Gasteiger partial charge in [-0.3, -0.25) is 24.2 Å². The van der Waals surface area contributed by atoms with Gasteiger partial charge in [-0.15, -0.1) is 6.58 Å². The molecular weight excluding hydrogens is 721 g/mol. The Morgan fingerprint density at radius 1 is 1.02 bits per heavy atom. The van der Waals surface area contributed by atoms with Crippen molar-refractivity contribution in [3.63, 3.8) is 0 Å². The van der Waals surface area contributed by atoms with E-state index in [4.69, 9.17) is 0 Å². The number of Topliss-reactive ketones (excluding diaryl/α,β-unsaturated/α-hetero) is 1. The third-order valence-electron chi connectivity index (χ3n) is 11.3. The molecule has 2 heterocycles. The summed E-state index contributed by atoms with van der Waals surface area (Å²) >= 11 is 0. The Balaban J connectivity index is 1.91. The normalized spacial score (nSPS) is 20.1. The number of ketones is 1. The number of urea groups is 1. The number of allylic oxidation sites excluding steroid dienone is 1. The number of aromatic nitrogens is 1. The second kappa shape index (κ2) is 18.4. The van der Waals surface area contributed by atoms with Crippen LogP contribution in [-0.2, 0) is 35.6 Å². The van der Waals surface area contributed by atoms with Crippen molar-refractivity contribution in [1.82, 2.24) is 31.2 Å². The van der Waals surface area contributed by atoms with Crippen molar-refractivity contribution >= 4 is 39.4 Å². The minimum Gasteiger partial charge on any atom is -0.345 e. The number of amides is 5. The molecule has 1 aromatic rings. The lowest BCUT2D eigenvalue weighted by molar-refractivity contribution is -0.145. The van der Waals surface area contributed by atoms with Gasteiger partial charge in [0.15, 0.2) is 9.84 Å². The maximum Gasteiger partial charge on any atom is 0.315 e. The first-order valence-electron chi connectivity index (χ1n) is 19.7. The maximum absolute atomic E-state index is 14.7. The van der Waals surface area contributed by atoms with E-state index in [2.05, 4.69) is 32.8 Å². The minimum absolute atomic E-state index is 0.0929. The third kappa shape index (κ3) is 11.8. The van der Waals surface area contributed by atoms with Gasteiger partial charge >= 0.3 is 6.03 Å². The Kier molecular flexibility index (Phi) is 15.3. The van der Waals surface area contributed by atoms with Crippen molar-refractivity contribution in [2.75, 3.05) is 12.3 Å². The Bertz CT molecular complexity index is 1640. The zero-order chi connectivity index (χ0) is 41.4. The molecular formula is C41H66N6O7S. The number of hydrogen-bond donors (Lipinski definition) is 4. The van der Waals surface area contributed by atoms with Crippen molar-refractivity contribution in [2.45, 2.75) is 155 Å². The molecule has 1 saturated carbocycles. The summed E-state index contributed by atoms with van der Waals surface area (Å²) in [5, 5.41) is 11.4. The molecule has 5 amide bonds. The van der Waals surface area contributed by atoms with Crippen molar-refractivity contribution in [2.24, 2.45) is 16.7 Å². The van der Waals surface area contributed by atoms with Gasteiger partial charge in [-0.1, -0.05) is 85.8 Å². The summed E-state index contributed by atoms with van der Waals surface area (Å²) in [6.07, 6.45) is 10.4. The fourth-order valence-electron chi connectivity index (χ4n) is 7.50. The molecule has 2 aliphatic rings. The summed E-state index contributed by atoms with van der Waals surface area (Å²) < 4.78 is 25.8. The molecule has 13 nitrogen and oxygen atoms in total. The molecule has 0 spiro atoms. The number of nitrogens with one attached hydrogen (secondary N) is 4. The number of carbonyl (C=O) groups is 5. The molecule has 308 valence electrons. The summed E-state index contributed by atoms with van der Waals surface area (Å²) in [7, 11) is -3.59. The highest BCUT2D eigenvalue weighted by molar-refractivity contribution is 7.92. The molecule has 14 heteroatoms. The molecule has 1 saturated heterocycles. The zero-order valence-electron chi connectivity index (χ0n) is 34.5. The Hall–Kier alpha value is -3.81. The van der Waals surface area contributed by atoms with Crippen LogP contribution in [0.4, 0.5) is 4.79 Å². The maximum atomic E-state index is 14.7. The highest BCUT2D eigenvalue weighted by Crippen LogP contribution is 2.41. The lowest BCUT2D eigenvalue weighted by Gasteiger charge is -2.41. The standard InChI is InChI=1S/C41H66N6O7S/c1-11-13-19-30(32(48)35(50)43-26-28-18-17-23-42-25-28)44-34(49)31-29(40(9,10)12-2)20-24-47(31)36(51)33(38(3,4)5)45-37(52)46-41(21-15-14-16-22-41)27-55(53,54)39(6,7)8/h12,17-18,23,25,29-31,33H,2,11,13-16,19-22,24,26-27H2,1,3-10H3,(H,43,50)(H,44,49)(H2,45,46,52)/t29-,30?,31-,33+/m0/s1. The van der Waals surface area contributed by atoms with E-state index in [0.29, 0.717) is 31.2 Å². The van der Waals surface area contributed by atoms with Crippen molar-refractivity contribution in [3.05, 3.63) is 42.7 Å². The molecule has 1 aliphatic heterocycles. The topological polar surface area (TPSA) is 184 Å². The molecule has 0 bridgehead atoms. The number of sulfone groups is 1. The van der Waals surface area contributed by atoms with Crippen LogP contribution in [0.1, 0.15) is 126 Å². The van der Waals surface area contributed by atoms with E-state index in [1.807, 2.05) is 41.5 Å². The fraction of sp³-hybridized carbons (Fsp3) is 0.707. The van der Waals surface area contributed by atoms with Crippen LogP contribution in [0.3, 0.4) is 0 Å². The number of unbranched alkanes of at least 4 members (excludes halogenated alkanes) is 1. The van der Waals surface area contributed by atoms with Gasteiger partial charge in [0.05, 0.1) is 22.1 Å². The van der Waals surface area contributed by atoms with Gasteiger partial charge in [0.1, 0.15) is 12.1 Å². The summed E-state index contributed by atoms with van der Waals surface area (Å²) in [6.45, 7) is 20.5. The van der Waals surface area contributed by atoms with E-state index in [9.17, 15) is 32.4 Å². The van der Waals surface area contributed by atoms with Gasteiger partial charge in [0.2, 0.25) is 17.6 Å². The summed E-state index contributed by atoms with van der Waals surface area (Å²) in [6, 6.07) is -0.397. The smallest absolute Gasteiger partial charge is 0.315 e. The van der Waals surface area contributed by atoms with Crippen LogP contribution in [0, 0.1) is 16.7 Å². The molecule has 4 atom stereocenters. The van der Waals surface area contributed by atoms with Crippen LogP contribution in [0.2, 0.25) is 0 Å². The number of carbonyl (C=O) groups excluding carboxylic acids is 5. The molecule has 1 aromatic heterocycles. The van der Waals surface area contributed by atoms with Crippen molar-refractivity contribution < 1.29 is 32.4 Å². The zero-order valence-corrected chi connectivity index (χ0v) is 35.4.